The van der Waals surface area contributed by atoms with E-state index in [1.165, 1.54) is 0 Å². The summed E-state index contributed by atoms with van der Waals surface area (Å²) in [6.45, 7) is 1.96. The summed E-state index contributed by atoms with van der Waals surface area (Å²) in [7, 11) is 0. The van der Waals surface area contributed by atoms with E-state index in [9.17, 15) is 4.79 Å². The Morgan fingerprint density at radius 2 is 2.16 bits per heavy atom. The Balaban J connectivity index is 2.28. The zero-order valence-corrected chi connectivity index (χ0v) is 11.9. The number of pyridine rings is 1. The normalized spacial score (nSPS) is 10.1. The van der Waals surface area contributed by atoms with Crippen molar-refractivity contribution in [1.82, 2.24) is 4.98 Å². The monoisotopic (exact) mass is 320 g/mol. The van der Waals surface area contributed by atoms with Crippen LogP contribution in [-0.2, 0) is 0 Å². The van der Waals surface area contributed by atoms with Gasteiger partial charge in [0.1, 0.15) is 0 Å². The third-order valence-electron chi connectivity index (χ3n) is 2.56. The molecule has 19 heavy (non-hydrogen) atoms. The second-order valence-corrected chi connectivity index (χ2v) is 4.84. The van der Waals surface area contributed by atoms with Crippen LogP contribution in [0.5, 0.6) is 0 Å². The first kappa shape index (κ1) is 13.5. The molecular formula is C13H13BrN4O. The number of carbonyl (C=O) groups excluding carboxylic acids is 1. The van der Waals surface area contributed by atoms with Crippen LogP contribution in [0.4, 0.5) is 11.5 Å². The summed E-state index contributed by atoms with van der Waals surface area (Å²) in [5.74, 6) is 5.40. The Morgan fingerprint density at radius 1 is 1.37 bits per heavy atom. The van der Waals surface area contributed by atoms with Crippen LogP contribution in [0.15, 0.2) is 41.0 Å². The second kappa shape index (κ2) is 5.81. The van der Waals surface area contributed by atoms with Gasteiger partial charge in [-0.1, -0.05) is 6.07 Å². The highest BCUT2D eigenvalue weighted by Crippen LogP contribution is 2.24. The number of nitrogens with one attached hydrogen (secondary N) is 2. The number of nitrogens with zero attached hydrogens (tertiary/aromatic N) is 1. The highest BCUT2D eigenvalue weighted by Gasteiger charge is 2.13. The number of amides is 1. The summed E-state index contributed by atoms with van der Waals surface area (Å²) in [5, 5.41) is 2.82. The molecule has 4 N–H and O–H groups in total. The molecule has 0 aliphatic carbocycles. The number of hydrazine groups is 1. The fourth-order valence-electron chi connectivity index (χ4n) is 1.63. The third kappa shape index (κ3) is 3.10. The number of aryl methyl sites for hydroxylation is 1. The lowest BCUT2D eigenvalue weighted by atomic mass is 10.2. The number of benzene rings is 1. The molecule has 0 atom stereocenters. The van der Waals surface area contributed by atoms with Crippen molar-refractivity contribution in [2.75, 3.05) is 10.7 Å². The van der Waals surface area contributed by atoms with Gasteiger partial charge in [0, 0.05) is 10.7 Å². The van der Waals surface area contributed by atoms with Crippen LogP contribution in [0.1, 0.15) is 15.9 Å². The van der Waals surface area contributed by atoms with Crippen LogP contribution < -0.4 is 16.6 Å². The molecule has 1 amide bonds. The summed E-state index contributed by atoms with van der Waals surface area (Å²) in [6.07, 6.45) is 1.56. The predicted molar refractivity (Wildman–Crippen MR) is 78.9 cm³/mol. The molecular weight excluding hydrogens is 308 g/mol. The lowest BCUT2D eigenvalue weighted by Crippen LogP contribution is -2.18. The minimum atomic E-state index is -0.271. The first-order valence-corrected chi connectivity index (χ1v) is 6.40. The van der Waals surface area contributed by atoms with E-state index in [4.69, 9.17) is 5.84 Å². The number of hydrogen-bond donors (Lipinski definition) is 3. The Labute approximate surface area is 119 Å². The average molecular weight is 321 g/mol. The molecule has 0 saturated heterocycles. The highest BCUT2D eigenvalue weighted by atomic mass is 79.9. The molecule has 2 rings (SSSR count). The minimum Gasteiger partial charge on any atom is -0.321 e. The van der Waals surface area contributed by atoms with Crippen LogP contribution in [0.2, 0.25) is 0 Å². The van der Waals surface area contributed by atoms with Gasteiger partial charge in [0.25, 0.3) is 5.91 Å². The maximum Gasteiger partial charge on any atom is 0.259 e. The number of anilines is 2. The van der Waals surface area contributed by atoms with Crippen molar-refractivity contribution in [3.8, 4) is 0 Å². The van der Waals surface area contributed by atoms with Gasteiger partial charge in [-0.05, 0) is 52.7 Å². The van der Waals surface area contributed by atoms with Crippen LogP contribution in [0.25, 0.3) is 0 Å². The first-order chi connectivity index (χ1) is 9.11. The van der Waals surface area contributed by atoms with Gasteiger partial charge in [-0.2, -0.15) is 0 Å². The molecule has 0 aliphatic rings. The lowest BCUT2D eigenvalue weighted by Gasteiger charge is -2.10. The van der Waals surface area contributed by atoms with E-state index < -0.39 is 0 Å². The average Bonchev–Trinajstić information content (AvgIpc) is 2.42. The van der Waals surface area contributed by atoms with E-state index >= 15 is 0 Å². The summed E-state index contributed by atoms with van der Waals surface area (Å²) in [6, 6.07) is 9.06. The Kier molecular flexibility index (Phi) is 4.13. The molecule has 0 unspecified atom stereocenters. The van der Waals surface area contributed by atoms with Crippen molar-refractivity contribution in [2.24, 2.45) is 5.84 Å². The van der Waals surface area contributed by atoms with Crippen molar-refractivity contribution >= 4 is 33.3 Å². The van der Waals surface area contributed by atoms with Gasteiger partial charge in [0.15, 0.2) is 5.82 Å². The molecule has 1 aromatic carbocycles. The van der Waals surface area contributed by atoms with Crippen molar-refractivity contribution < 1.29 is 4.79 Å². The van der Waals surface area contributed by atoms with Crippen molar-refractivity contribution in [3.05, 3.63) is 52.1 Å². The topological polar surface area (TPSA) is 80.0 Å². The van der Waals surface area contributed by atoms with Gasteiger partial charge < -0.3 is 10.7 Å². The molecule has 0 spiro atoms. The number of hydrogen-bond acceptors (Lipinski definition) is 4. The smallest absolute Gasteiger partial charge is 0.259 e. The van der Waals surface area contributed by atoms with E-state index in [1.54, 1.807) is 18.3 Å². The van der Waals surface area contributed by atoms with Gasteiger partial charge in [-0.15, -0.1) is 0 Å². The van der Waals surface area contributed by atoms with Crippen molar-refractivity contribution in [2.45, 2.75) is 6.92 Å². The fourth-order valence-corrected chi connectivity index (χ4v) is 1.97. The maximum absolute atomic E-state index is 12.2. The van der Waals surface area contributed by atoms with Crippen LogP contribution in [-0.4, -0.2) is 10.9 Å². The van der Waals surface area contributed by atoms with Gasteiger partial charge in [0.05, 0.1) is 11.3 Å². The third-order valence-corrected chi connectivity index (χ3v) is 3.25. The Morgan fingerprint density at radius 3 is 2.89 bits per heavy atom. The molecule has 1 aromatic heterocycles. The van der Waals surface area contributed by atoms with Gasteiger partial charge >= 0.3 is 0 Å². The molecule has 98 valence electrons. The number of aromatic nitrogens is 1. The molecule has 2 aromatic rings. The summed E-state index contributed by atoms with van der Waals surface area (Å²) < 4.78 is 0.817. The minimum absolute atomic E-state index is 0.271. The fraction of sp³-hybridized carbons (Fsp3) is 0.0769. The number of halogens is 1. The van der Waals surface area contributed by atoms with E-state index in [0.29, 0.717) is 17.1 Å². The quantitative estimate of drug-likeness (QED) is 0.600. The zero-order valence-electron chi connectivity index (χ0n) is 10.3. The molecule has 6 heteroatoms. The SMILES string of the molecule is Cc1ccc(Br)c(NC(=O)c2cccnc2NN)c1. The molecule has 5 nitrogen and oxygen atoms in total. The van der Waals surface area contributed by atoms with Crippen molar-refractivity contribution in [1.29, 1.82) is 0 Å². The Hall–Kier alpha value is -1.92. The van der Waals surface area contributed by atoms with E-state index in [2.05, 4.69) is 31.7 Å². The molecule has 0 radical (unpaired) electrons. The number of carbonyl (C=O) groups is 1. The summed E-state index contributed by atoms with van der Waals surface area (Å²) >= 11 is 3.40. The van der Waals surface area contributed by atoms with Crippen LogP contribution in [0.3, 0.4) is 0 Å². The summed E-state index contributed by atoms with van der Waals surface area (Å²) in [5.41, 5.74) is 4.55. The molecule has 0 aliphatic heterocycles. The van der Waals surface area contributed by atoms with E-state index in [1.807, 2.05) is 25.1 Å². The molecule has 0 fully saturated rings. The standard InChI is InChI=1S/C13H13BrN4O/c1-8-4-5-10(14)11(7-8)17-13(19)9-3-2-6-16-12(9)18-15/h2-7H,15H2,1H3,(H,16,18)(H,17,19). The van der Waals surface area contributed by atoms with E-state index in [0.717, 1.165) is 10.0 Å². The van der Waals surface area contributed by atoms with Crippen molar-refractivity contribution in [3.63, 3.8) is 0 Å². The van der Waals surface area contributed by atoms with Crippen LogP contribution >= 0.6 is 15.9 Å². The largest absolute Gasteiger partial charge is 0.321 e. The van der Waals surface area contributed by atoms with E-state index in [-0.39, 0.29) is 5.91 Å². The van der Waals surface area contributed by atoms with Gasteiger partial charge in [0.2, 0.25) is 0 Å². The molecule has 1 heterocycles. The lowest BCUT2D eigenvalue weighted by molar-refractivity contribution is 0.102. The Bertz CT molecular complexity index is 615. The van der Waals surface area contributed by atoms with Gasteiger partial charge in [-0.25, -0.2) is 10.8 Å². The second-order valence-electron chi connectivity index (χ2n) is 3.98. The highest BCUT2D eigenvalue weighted by molar-refractivity contribution is 9.10. The summed E-state index contributed by atoms with van der Waals surface area (Å²) in [4.78, 5) is 16.2. The predicted octanol–water partition coefficient (Wildman–Crippen LogP) is 2.69. The molecule has 0 bridgehead atoms. The molecule has 0 saturated carbocycles. The number of nitrogens with two attached hydrogens (primary N) is 1. The van der Waals surface area contributed by atoms with Gasteiger partial charge in [-0.3, -0.25) is 4.79 Å². The zero-order chi connectivity index (χ0) is 13.8. The maximum atomic E-state index is 12.2. The number of rotatable bonds is 3. The number of nitrogen functional groups attached to an aromatic ring is 1. The van der Waals surface area contributed by atoms with Crippen LogP contribution in [0, 0.1) is 6.92 Å². The first-order valence-electron chi connectivity index (χ1n) is 5.61.